The lowest BCUT2D eigenvalue weighted by atomic mass is 9.88. The molecule has 2 aromatic heterocycles. The number of carbonyl (C=O) groups is 1. The van der Waals surface area contributed by atoms with E-state index < -0.39 is 0 Å². The van der Waals surface area contributed by atoms with E-state index in [1.165, 1.54) is 5.56 Å². The Bertz CT molecular complexity index is 1010. The summed E-state index contributed by atoms with van der Waals surface area (Å²) in [6, 6.07) is 19.5. The Morgan fingerprint density at radius 2 is 1.82 bits per heavy atom. The first-order valence-corrected chi connectivity index (χ1v) is 11.7. The maximum absolute atomic E-state index is 12.9. The lowest BCUT2D eigenvalue weighted by Crippen LogP contribution is -2.43. The molecule has 4 rings (SSSR count). The van der Waals surface area contributed by atoms with Crippen molar-refractivity contribution in [3.8, 4) is 5.75 Å². The predicted molar refractivity (Wildman–Crippen MR) is 129 cm³/mol. The first-order chi connectivity index (χ1) is 16.1. The molecule has 1 fully saturated rings. The van der Waals surface area contributed by atoms with Crippen LogP contribution < -0.4 is 10.1 Å². The van der Waals surface area contributed by atoms with Crippen LogP contribution in [0.3, 0.4) is 0 Å². The molecule has 6 nitrogen and oxygen atoms in total. The number of piperidine rings is 1. The van der Waals surface area contributed by atoms with Gasteiger partial charge in [0.15, 0.2) is 0 Å². The summed E-state index contributed by atoms with van der Waals surface area (Å²) in [5.74, 6) is 1.01. The zero-order valence-corrected chi connectivity index (χ0v) is 19.4. The molecular formula is C27H32N4O2. The second-order valence-corrected chi connectivity index (χ2v) is 8.87. The summed E-state index contributed by atoms with van der Waals surface area (Å²) in [4.78, 5) is 24.2. The second kappa shape index (κ2) is 11.1. The SMILES string of the molecule is CC(C)Oc1ccc(CN2CCCC(C(NC(=O)c3ccccn3)c3ccccn3)C2)cc1. The van der Waals surface area contributed by atoms with Crippen molar-refractivity contribution in [2.45, 2.75) is 45.4 Å². The first kappa shape index (κ1) is 22.9. The van der Waals surface area contributed by atoms with Crippen LogP contribution in [0.4, 0.5) is 0 Å². The lowest BCUT2D eigenvalue weighted by Gasteiger charge is -2.37. The first-order valence-electron chi connectivity index (χ1n) is 11.7. The summed E-state index contributed by atoms with van der Waals surface area (Å²) in [5.41, 5.74) is 2.58. The number of likely N-dealkylation sites (tertiary alicyclic amines) is 1. The minimum absolute atomic E-state index is 0.162. The topological polar surface area (TPSA) is 67.3 Å². The van der Waals surface area contributed by atoms with Gasteiger partial charge in [0.25, 0.3) is 5.91 Å². The van der Waals surface area contributed by atoms with E-state index in [-0.39, 0.29) is 24.0 Å². The van der Waals surface area contributed by atoms with Gasteiger partial charge in [-0.25, -0.2) is 0 Å². The van der Waals surface area contributed by atoms with Gasteiger partial charge in [0.05, 0.1) is 17.8 Å². The van der Waals surface area contributed by atoms with Crippen LogP contribution in [0.2, 0.25) is 0 Å². The van der Waals surface area contributed by atoms with Gasteiger partial charge in [-0.3, -0.25) is 19.7 Å². The number of nitrogens with one attached hydrogen (secondary N) is 1. The van der Waals surface area contributed by atoms with E-state index in [1.54, 1.807) is 18.5 Å². The molecule has 1 aliphatic rings. The Hall–Kier alpha value is -3.25. The van der Waals surface area contributed by atoms with E-state index >= 15 is 0 Å². The van der Waals surface area contributed by atoms with E-state index in [0.717, 1.165) is 43.9 Å². The number of hydrogen-bond donors (Lipinski definition) is 1. The second-order valence-electron chi connectivity index (χ2n) is 8.87. The van der Waals surface area contributed by atoms with Gasteiger partial charge in [0, 0.05) is 25.5 Å². The number of hydrogen-bond acceptors (Lipinski definition) is 5. The largest absolute Gasteiger partial charge is 0.491 e. The molecule has 0 bridgehead atoms. The van der Waals surface area contributed by atoms with Crippen molar-refractivity contribution >= 4 is 5.91 Å². The van der Waals surface area contributed by atoms with Crippen molar-refractivity contribution in [3.63, 3.8) is 0 Å². The summed E-state index contributed by atoms with van der Waals surface area (Å²) in [7, 11) is 0. The monoisotopic (exact) mass is 444 g/mol. The Labute approximate surface area is 196 Å². The highest BCUT2D eigenvalue weighted by Crippen LogP contribution is 2.30. The van der Waals surface area contributed by atoms with Crippen molar-refractivity contribution in [3.05, 3.63) is 90.0 Å². The number of rotatable bonds is 8. The van der Waals surface area contributed by atoms with Crippen LogP contribution in [-0.2, 0) is 6.54 Å². The average Bonchev–Trinajstić information content (AvgIpc) is 2.84. The van der Waals surface area contributed by atoms with Gasteiger partial charge in [-0.15, -0.1) is 0 Å². The fourth-order valence-electron chi connectivity index (χ4n) is 4.42. The van der Waals surface area contributed by atoms with Gasteiger partial charge < -0.3 is 10.1 Å². The molecule has 6 heteroatoms. The van der Waals surface area contributed by atoms with Crippen LogP contribution in [0.1, 0.15) is 54.5 Å². The minimum atomic E-state index is -0.163. The molecule has 1 aromatic carbocycles. The number of ether oxygens (including phenoxy) is 1. The van der Waals surface area contributed by atoms with Crippen LogP contribution in [0.15, 0.2) is 73.1 Å². The van der Waals surface area contributed by atoms with Gasteiger partial charge in [0.2, 0.25) is 0 Å². The third-order valence-electron chi connectivity index (χ3n) is 5.91. The Kier molecular flexibility index (Phi) is 7.68. The molecule has 1 N–H and O–H groups in total. The van der Waals surface area contributed by atoms with Crippen molar-refractivity contribution in [1.29, 1.82) is 0 Å². The normalized spacial score (nSPS) is 17.5. The van der Waals surface area contributed by atoms with E-state index in [0.29, 0.717) is 5.69 Å². The van der Waals surface area contributed by atoms with Crippen molar-refractivity contribution in [1.82, 2.24) is 20.2 Å². The average molecular weight is 445 g/mol. The van der Waals surface area contributed by atoms with E-state index in [1.807, 2.05) is 56.3 Å². The van der Waals surface area contributed by atoms with Crippen LogP contribution in [0.25, 0.3) is 0 Å². The number of pyridine rings is 2. The van der Waals surface area contributed by atoms with E-state index in [4.69, 9.17) is 4.74 Å². The fourth-order valence-corrected chi connectivity index (χ4v) is 4.42. The van der Waals surface area contributed by atoms with E-state index in [9.17, 15) is 4.79 Å². The molecule has 1 saturated heterocycles. The predicted octanol–water partition coefficient (Wildman–Crippen LogP) is 4.65. The summed E-state index contributed by atoms with van der Waals surface area (Å²) >= 11 is 0. The maximum atomic E-state index is 12.9. The van der Waals surface area contributed by atoms with Crippen LogP contribution in [0.5, 0.6) is 5.75 Å². The summed E-state index contributed by atoms with van der Waals surface area (Å²) in [6.45, 7) is 6.89. The summed E-state index contributed by atoms with van der Waals surface area (Å²) in [5, 5.41) is 3.22. The summed E-state index contributed by atoms with van der Waals surface area (Å²) < 4.78 is 5.76. The van der Waals surface area contributed by atoms with Crippen LogP contribution in [-0.4, -0.2) is 40.0 Å². The number of nitrogens with zero attached hydrogens (tertiary/aromatic N) is 3. The quantitative estimate of drug-likeness (QED) is 0.548. The highest BCUT2D eigenvalue weighted by molar-refractivity contribution is 5.92. The molecule has 172 valence electrons. The maximum Gasteiger partial charge on any atom is 0.270 e. The van der Waals surface area contributed by atoms with Gasteiger partial charge in [0.1, 0.15) is 11.4 Å². The molecule has 2 unspecified atom stereocenters. The number of amides is 1. The fraction of sp³-hybridized carbons (Fsp3) is 0.370. The third-order valence-corrected chi connectivity index (χ3v) is 5.91. The molecule has 1 amide bonds. The van der Waals surface area contributed by atoms with E-state index in [2.05, 4.69) is 32.3 Å². The lowest BCUT2D eigenvalue weighted by molar-refractivity contribution is 0.0870. The molecule has 33 heavy (non-hydrogen) atoms. The van der Waals surface area contributed by atoms with Gasteiger partial charge in [-0.2, -0.15) is 0 Å². The van der Waals surface area contributed by atoms with Gasteiger partial charge >= 0.3 is 0 Å². The Morgan fingerprint density at radius 3 is 2.48 bits per heavy atom. The Balaban J connectivity index is 1.46. The molecule has 2 atom stereocenters. The molecule has 0 spiro atoms. The third kappa shape index (κ3) is 6.39. The van der Waals surface area contributed by atoms with Crippen LogP contribution >= 0.6 is 0 Å². The zero-order valence-electron chi connectivity index (χ0n) is 19.4. The molecule has 1 aliphatic heterocycles. The highest BCUT2D eigenvalue weighted by atomic mass is 16.5. The molecule has 0 saturated carbocycles. The molecule has 3 heterocycles. The van der Waals surface area contributed by atoms with Crippen LogP contribution in [0, 0.1) is 5.92 Å². The number of benzene rings is 1. The number of aromatic nitrogens is 2. The Morgan fingerprint density at radius 1 is 1.06 bits per heavy atom. The molecular weight excluding hydrogens is 412 g/mol. The molecule has 0 radical (unpaired) electrons. The summed E-state index contributed by atoms with van der Waals surface area (Å²) in [6.07, 6.45) is 5.73. The minimum Gasteiger partial charge on any atom is -0.491 e. The van der Waals surface area contributed by atoms with Crippen molar-refractivity contribution in [2.75, 3.05) is 13.1 Å². The smallest absolute Gasteiger partial charge is 0.270 e. The zero-order chi connectivity index (χ0) is 23.0. The standard InChI is InChI=1S/C27H32N4O2/c1-20(2)33-23-13-11-21(12-14-23)18-31-17-7-8-22(19-31)26(24-9-3-5-15-28-24)30-27(32)25-10-4-6-16-29-25/h3-6,9-16,20,22,26H,7-8,17-19H2,1-2H3,(H,30,32). The molecule has 3 aromatic rings. The molecule has 0 aliphatic carbocycles. The van der Waals surface area contributed by atoms with Gasteiger partial charge in [-0.1, -0.05) is 24.3 Å². The van der Waals surface area contributed by atoms with Crippen molar-refractivity contribution in [2.24, 2.45) is 5.92 Å². The van der Waals surface area contributed by atoms with Gasteiger partial charge in [-0.05, 0) is 81.1 Å². The number of carbonyl (C=O) groups excluding carboxylic acids is 1. The van der Waals surface area contributed by atoms with Crippen molar-refractivity contribution < 1.29 is 9.53 Å². The highest BCUT2D eigenvalue weighted by Gasteiger charge is 2.31.